The van der Waals surface area contributed by atoms with Crippen LogP contribution >= 0.6 is 27.5 Å². The number of nitrogens with one attached hydrogen (secondary N) is 1. The molecule has 0 unspecified atom stereocenters. The largest absolute Gasteiger partial charge is 0.398 e. The molecule has 0 heterocycles. The van der Waals surface area contributed by atoms with Crippen LogP contribution in [-0.4, -0.2) is 5.91 Å². The molecule has 0 atom stereocenters. The molecule has 0 aliphatic rings. The number of carbonyl (C=O) groups is 1. The van der Waals surface area contributed by atoms with Crippen molar-refractivity contribution in [2.24, 2.45) is 0 Å². The van der Waals surface area contributed by atoms with Crippen molar-refractivity contribution >= 4 is 44.8 Å². The van der Waals surface area contributed by atoms with Gasteiger partial charge in [0.25, 0.3) is 5.91 Å². The first-order valence-electron chi connectivity index (χ1n) is 5.60. The van der Waals surface area contributed by atoms with Crippen LogP contribution in [-0.2, 0) is 0 Å². The second-order valence-electron chi connectivity index (χ2n) is 4.15. The van der Waals surface area contributed by atoms with Crippen molar-refractivity contribution in [3.05, 3.63) is 57.0 Å². The highest BCUT2D eigenvalue weighted by molar-refractivity contribution is 9.10. The summed E-state index contributed by atoms with van der Waals surface area (Å²) in [5, 5.41) is 3.26. The molecule has 2 aromatic rings. The van der Waals surface area contributed by atoms with E-state index in [9.17, 15) is 4.79 Å². The predicted octanol–water partition coefficient (Wildman–Crippen LogP) is 4.25. The smallest absolute Gasteiger partial charge is 0.255 e. The van der Waals surface area contributed by atoms with Crippen LogP contribution in [0.3, 0.4) is 0 Å². The van der Waals surface area contributed by atoms with Gasteiger partial charge in [0.15, 0.2) is 0 Å². The molecule has 98 valence electrons. The maximum atomic E-state index is 12.1. The summed E-state index contributed by atoms with van der Waals surface area (Å²) < 4.78 is 1.00. The lowest BCUT2D eigenvalue weighted by Crippen LogP contribution is -2.12. The van der Waals surface area contributed by atoms with Gasteiger partial charge in [0.2, 0.25) is 0 Å². The summed E-state index contributed by atoms with van der Waals surface area (Å²) in [7, 11) is 0. The molecule has 2 rings (SSSR count). The Balaban J connectivity index is 2.20. The molecule has 0 bridgehead atoms. The molecule has 0 saturated carbocycles. The number of hydrogen-bond donors (Lipinski definition) is 2. The van der Waals surface area contributed by atoms with Crippen LogP contribution in [0.2, 0.25) is 5.02 Å². The number of amides is 1. The Morgan fingerprint density at radius 2 is 2.00 bits per heavy atom. The molecule has 3 N–H and O–H groups in total. The summed E-state index contributed by atoms with van der Waals surface area (Å²) in [6, 6.07) is 10.4. The zero-order chi connectivity index (χ0) is 14.0. The van der Waals surface area contributed by atoms with E-state index in [0.29, 0.717) is 16.3 Å². The molecule has 2 aromatic carbocycles. The quantitative estimate of drug-likeness (QED) is 0.804. The van der Waals surface area contributed by atoms with Gasteiger partial charge in [-0.15, -0.1) is 0 Å². The minimum absolute atomic E-state index is 0.218. The number of anilines is 2. The van der Waals surface area contributed by atoms with Gasteiger partial charge in [-0.3, -0.25) is 4.79 Å². The van der Waals surface area contributed by atoms with Crippen LogP contribution in [0.4, 0.5) is 11.4 Å². The number of nitrogens with two attached hydrogens (primary N) is 1. The van der Waals surface area contributed by atoms with Crippen molar-refractivity contribution in [1.82, 2.24) is 0 Å². The SMILES string of the molecule is Cc1cc(NC(=O)c2ccc(Cl)c(N)c2)ccc1Br. The van der Waals surface area contributed by atoms with Crippen molar-refractivity contribution in [3.63, 3.8) is 0 Å². The zero-order valence-corrected chi connectivity index (χ0v) is 12.5. The number of hydrogen-bond acceptors (Lipinski definition) is 2. The summed E-state index contributed by atoms with van der Waals surface area (Å²) in [6.07, 6.45) is 0. The van der Waals surface area contributed by atoms with E-state index in [-0.39, 0.29) is 5.91 Å². The number of aryl methyl sites for hydroxylation is 1. The molecular weight excluding hydrogens is 328 g/mol. The molecule has 19 heavy (non-hydrogen) atoms. The number of rotatable bonds is 2. The van der Waals surface area contributed by atoms with E-state index in [1.165, 1.54) is 0 Å². The molecule has 0 radical (unpaired) electrons. The van der Waals surface area contributed by atoms with Gasteiger partial charge in [-0.05, 0) is 48.9 Å². The predicted molar refractivity (Wildman–Crippen MR) is 82.7 cm³/mol. The highest BCUT2D eigenvalue weighted by atomic mass is 79.9. The third kappa shape index (κ3) is 3.28. The normalized spacial score (nSPS) is 10.3. The Morgan fingerprint density at radius 3 is 2.63 bits per heavy atom. The molecule has 3 nitrogen and oxygen atoms in total. The number of halogens is 2. The van der Waals surface area contributed by atoms with Gasteiger partial charge in [-0.25, -0.2) is 0 Å². The van der Waals surface area contributed by atoms with Gasteiger partial charge in [-0.2, -0.15) is 0 Å². The Kier molecular flexibility index (Phi) is 4.12. The second kappa shape index (κ2) is 5.63. The van der Waals surface area contributed by atoms with Crippen LogP contribution < -0.4 is 11.1 Å². The Bertz CT molecular complexity index is 643. The van der Waals surface area contributed by atoms with E-state index in [4.69, 9.17) is 17.3 Å². The van der Waals surface area contributed by atoms with E-state index in [2.05, 4.69) is 21.2 Å². The first-order valence-corrected chi connectivity index (χ1v) is 6.77. The summed E-state index contributed by atoms with van der Waals surface area (Å²) >= 11 is 9.24. The Morgan fingerprint density at radius 1 is 1.26 bits per heavy atom. The highest BCUT2D eigenvalue weighted by Crippen LogP contribution is 2.22. The van der Waals surface area contributed by atoms with Gasteiger partial charge >= 0.3 is 0 Å². The third-order valence-corrected chi connectivity index (χ3v) is 3.91. The fraction of sp³-hybridized carbons (Fsp3) is 0.0714. The Hall–Kier alpha value is -1.52. The minimum atomic E-state index is -0.218. The van der Waals surface area contributed by atoms with E-state index in [0.717, 1.165) is 15.7 Å². The van der Waals surface area contributed by atoms with Crippen molar-refractivity contribution in [2.75, 3.05) is 11.1 Å². The van der Waals surface area contributed by atoms with E-state index in [1.54, 1.807) is 18.2 Å². The molecule has 0 saturated heterocycles. The highest BCUT2D eigenvalue weighted by Gasteiger charge is 2.08. The van der Waals surface area contributed by atoms with Crippen LogP contribution in [0.5, 0.6) is 0 Å². The van der Waals surface area contributed by atoms with E-state index in [1.807, 2.05) is 25.1 Å². The fourth-order valence-corrected chi connectivity index (χ4v) is 1.97. The van der Waals surface area contributed by atoms with E-state index >= 15 is 0 Å². The lowest BCUT2D eigenvalue weighted by Gasteiger charge is -2.08. The van der Waals surface area contributed by atoms with Gasteiger partial charge in [0, 0.05) is 15.7 Å². The fourth-order valence-electron chi connectivity index (χ4n) is 1.61. The van der Waals surface area contributed by atoms with Crippen LogP contribution in [0, 0.1) is 6.92 Å². The number of nitrogen functional groups attached to an aromatic ring is 1. The average Bonchev–Trinajstić information content (AvgIpc) is 2.37. The summed E-state index contributed by atoms with van der Waals surface area (Å²) in [5.41, 5.74) is 8.33. The summed E-state index contributed by atoms with van der Waals surface area (Å²) in [5.74, 6) is -0.218. The van der Waals surface area contributed by atoms with Crippen LogP contribution in [0.25, 0.3) is 0 Å². The molecular formula is C14H12BrClN2O. The topological polar surface area (TPSA) is 55.1 Å². The minimum Gasteiger partial charge on any atom is -0.398 e. The first kappa shape index (κ1) is 13.9. The maximum absolute atomic E-state index is 12.1. The zero-order valence-electron chi connectivity index (χ0n) is 10.2. The van der Waals surface area contributed by atoms with Gasteiger partial charge in [0.1, 0.15) is 0 Å². The second-order valence-corrected chi connectivity index (χ2v) is 5.42. The molecule has 0 aliphatic carbocycles. The lowest BCUT2D eigenvalue weighted by atomic mass is 10.1. The molecule has 0 aliphatic heterocycles. The molecule has 5 heteroatoms. The average molecular weight is 340 g/mol. The summed E-state index contributed by atoms with van der Waals surface area (Å²) in [6.45, 7) is 1.96. The van der Waals surface area contributed by atoms with Crippen LogP contribution in [0.15, 0.2) is 40.9 Å². The standard InChI is InChI=1S/C14H12BrClN2O/c1-8-6-10(3-4-11(8)15)18-14(19)9-2-5-12(16)13(17)7-9/h2-7H,17H2,1H3,(H,18,19). The van der Waals surface area contributed by atoms with Crippen molar-refractivity contribution in [3.8, 4) is 0 Å². The van der Waals surface area contributed by atoms with Gasteiger partial charge in [-0.1, -0.05) is 27.5 Å². The Labute approximate surface area is 124 Å². The van der Waals surface area contributed by atoms with Gasteiger partial charge in [0.05, 0.1) is 10.7 Å². The number of benzene rings is 2. The van der Waals surface area contributed by atoms with Gasteiger partial charge < -0.3 is 11.1 Å². The molecule has 0 fully saturated rings. The molecule has 0 spiro atoms. The van der Waals surface area contributed by atoms with Crippen molar-refractivity contribution < 1.29 is 4.79 Å². The number of carbonyl (C=O) groups excluding carboxylic acids is 1. The maximum Gasteiger partial charge on any atom is 0.255 e. The monoisotopic (exact) mass is 338 g/mol. The van der Waals surface area contributed by atoms with Crippen LogP contribution in [0.1, 0.15) is 15.9 Å². The third-order valence-electron chi connectivity index (χ3n) is 2.67. The molecule has 1 amide bonds. The van der Waals surface area contributed by atoms with Crippen molar-refractivity contribution in [1.29, 1.82) is 0 Å². The first-order chi connectivity index (χ1) is 8.97. The lowest BCUT2D eigenvalue weighted by molar-refractivity contribution is 0.102. The van der Waals surface area contributed by atoms with Crippen molar-refractivity contribution in [2.45, 2.75) is 6.92 Å². The molecule has 0 aromatic heterocycles. The summed E-state index contributed by atoms with van der Waals surface area (Å²) in [4.78, 5) is 12.1. The van der Waals surface area contributed by atoms with E-state index < -0.39 is 0 Å².